The molecule has 1 rings (SSSR count). The molecule has 96 valence electrons. The van der Waals surface area contributed by atoms with Crippen LogP contribution in [0.2, 0.25) is 0 Å². The highest BCUT2D eigenvalue weighted by Crippen LogP contribution is 2.17. The molecule has 2 nitrogen and oxygen atoms in total. The summed E-state index contributed by atoms with van der Waals surface area (Å²) in [5, 5.41) is 12.5. The minimum atomic E-state index is -0.0139. The Hall–Kier alpha value is -0.860. The topological polar surface area (TPSA) is 32.3 Å². The zero-order chi connectivity index (χ0) is 13.1. The van der Waals surface area contributed by atoms with Gasteiger partial charge >= 0.3 is 0 Å². The Kier molecular flexibility index (Phi) is 4.72. The van der Waals surface area contributed by atoms with Gasteiger partial charge in [-0.1, -0.05) is 12.1 Å². The lowest BCUT2D eigenvalue weighted by Crippen LogP contribution is -2.39. The van der Waals surface area contributed by atoms with Crippen LogP contribution in [0.1, 0.15) is 42.5 Å². The first kappa shape index (κ1) is 14.2. The van der Waals surface area contributed by atoms with Gasteiger partial charge < -0.3 is 10.4 Å². The third-order valence-corrected chi connectivity index (χ3v) is 3.45. The van der Waals surface area contributed by atoms with Crippen molar-refractivity contribution in [1.29, 1.82) is 0 Å². The third kappa shape index (κ3) is 4.14. The van der Waals surface area contributed by atoms with E-state index in [-0.39, 0.29) is 12.1 Å². The van der Waals surface area contributed by atoms with E-state index in [4.69, 9.17) is 5.11 Å². The van der Waals surface area contributed by atoms with Crippen LogP contribution in [0.15, 0.2) is 12.1 Å². The SMILES string of the molecule is Cc1cc(C)c(CNC(C)(C)CCO)cc1C. The van der Waals surface area contributed by atoms with Crippen molar-refractivity contribution in [3.63, 3.8) is 0 Å². The van der Waals surface area contributed by atoms with Crippen LogP contribution >= 0.6 is 0 Å². The van der Waals surface area contributed by atoms with Gasteiger partial charge in [0.05, 0.1) is 0 Å². The van der Waals surface area contributed by atoms with Gasteiger partial charge in [-0.15, -0.1) is 0 Å². The largest absolute Gasteiger partial charge is 0.396 e. The maximum atomic E-state index is 8.99. The molecule has 2 N–H and O–H groups in total. The van der Waals surface area contributed by atoms with Crippen molar-refractivity contribution in [3.05, 3.63) is 34.4 Å². The molecule has 0 heterocycles. The number of aliphatic hydroxyl groups is 1. The van der Waals surface area contributed by atoms with Gasteiger partial charge in [0.2, 0.25) is 0 Å². The molecule has 0 unspecified atom stereocenters. The molecule has 0 bridgehead atoms. The van der Waals surface area contributed by atoms with Crippen LogP contribution in [0.25, 0.3) is 0 Å². The highest BCUT2D eigenvalue weighted by atomic mass is 16.3. The second kappa shape index (κ2) is 5.65. The molecule has 0 saturated carbocycles. The maximum absolute atomic E-state index is 8.99. The second-order valence-electron chi connectivity index (χ2n) is 5.57. The predicted octanol–water partition coefficient (Wildman–Crippen LogP) is 2.86. The first-order valence-corrected chi connectivity index (χ1v) is 6.28. The zero-order valence-electron chi connectivity index (χ0n) is 11.7. The van der Waals surface area contributed by atoms with Crippen molar-refractivity contribution in [1.82, 2.24) is 5.32 Å². The molecule has 0 fully saturated rings. The molecule has 0 aromatic heterocycles. The normalized spacial score (nSPS) is 11.9. The Morgan fingerprint density at radius 3 is 2.24 bits per heavy atom. The summed E-state index contributed by atoms with van der Waals surface area (Å²) >= 11 is 0. The second-order valence-corrected chi connectivity index (χ2v) is 5.57. The Balaban J connectivity index is 2.73. The first-order chi connectivity index (χ1) is 7.85. The number of hydrogen-bond acceptors (Lipinski definition) is 2. The predicted molar refractivity (Wildman–Crippen MR) is 73.3 cm³/mol. The average Bonchev–Trinajstić information content (AvgIpc) is 2.21. The molecule has 0 radical (unpaired) electrons. The van der Waals surface area contributed by atoms with E-state index >= 15 is 0 Å². The van der Waals surface area contributed by atoms with E-state index in [1.165, 1.54) is 22.3 Å². The monoisotopic (exact) mass is 235 g/mol. The fourth-order valence-corrected chi connectivity index (χ4v) is 1.91. The standard InChI is InChI=1S/C15H25NO/c1-11-8-13(3)14(9-12(11)2)10-16-15(4,5)6-7-17/h8-9,16-17H,6-7,10H2,1-5H3. The summed E-state index contributed by atoms with van der Waals surface area (Å²) in [5.41, 5.74) is 5.35. The summed E-state index contributed by atoms with van der Waals surface area (Å²) in [6, 6.07) is 4.50. The molecule has 0 spiro atoms. The molecule has 1 aromatic rings. The number of aliphatic hydroxyl groups excluding tert-OH is 1. The molecule has 0 aliphatic rings. The van der Waals surface area contributed by atoms with Gasteiger partial charge in [-0.2, -0.15) is 0 Å². The summed E-state index contributed by atoms with van der Waals surface area (Å²) in [7, 11) is 0. The van der Waals surface area contributed by atoms with Gasteiger partial charge in [0.15, 0.2) is 0 Å². The van der Waals surface area contributed by atoms with Crippen LogP contribution in [-0.2, 0) is 6.54 Å². The van der Waals surface area contributed by atoms with E-state index < -0.39 is 0 Å². The van der Waals surface area contributed by atoms with E-state index in [1.54, 1.807) is 0 Å². The fourth-order valence-electron chi connectivity index (χ4n) is 1.91. The summed E-state index contributed by atoms with van der Waals surface area (Å²) in [6.07, 6.45) is 0.775. The van der Waals surface area contributed by atoms with Gasteiger partial charge in [0.25, 0.3) is 0 Å². The van der Waals surface area contributed by atoms with Crippen molar-refractivity contribution in [3.8, 4) is 0 Å². The van der Waals surface area contributed by atoms with Crippen LogP contribution in [0.3, 0.4) is 0 Å². The van der Waals surface area contributed by atoms with Crippen LogP contribution in [-0.4, -0.2) is 17.3 Å². The van der Waals surface area contributed by atoms with E-state index in [9.17, 15) is 0 Å². The Bertz CT molecular complexity index is 383. The number of hydrogen-bond donors (Lipinski definition) is 2. The number of benzene rings is 1. The lowest BCUT2D eigenvalue weighted by molar-refractivity contribution is 0.230. The highest BCUT2D eigenvalue weighted by Gasteiger charge is 2.16. The smallest absolute Gasteiger partial charge is 0.0448 e. The van der Waals surface area contributed by atoms with Gasteiger partial charge in [-0.3, -0.25) is 0 Å². The Morgan fingerprint density at radius 2 is 1.65 bits per heavy atom. The van der Waals surface area contributed by atoms with Crippen molar-refractivity contribution < 1.29 is 5.11 Å². The number of nitrogens with one attached hydrogen (secondary N) is 1. The summed E-state index contributed by atoms with van der Waals surface area (Å²) in [4.78, 5) is 0. The lowest BCUT2D eigenvalue weighted by atomic mass is 9.98. The van der Waals surface area contributed by atoms with Crippen molar-refractivity contribution in [2.45, 2.75) is 53.1 Å². The Morgan fingerprint density at radius 1 is 1.06 bits per heavy atom. The van der Waals surface area contributed by atoms with Gasteiger partial charge in [-0.05, 0) is 63.3 Å². The van der Waals surface area contributed by atoms with Crippen molar-refractivity contribution >= 4 is 0 Å². The molecule has 17 heavy (non-hydrogen) atoms. The molecule has 0 saturated heterocycles. The molecule has 0 amide bonds. The zero-order valence-corrected chi connectivity index (χ0v) is 11.7. The lowest BCUT2D eigenvalue weighted by Gasteiger charge is -2.26. The van der Waals surface area contributed by atoms with Crippen LogP contribution in [0, 0.1) is 20.8 Å². The van der Waals surface area contributed by atoms with Crippen molar-refractivity contribution in [2.24, 2.45) is 0 Å². The first-order valence-electron chi connectivity index (χ1n) is 6.28. The van der Waals surface area contributed by atoms with Crippen LogP contribution in [0.5, 0.6) is 0 Å². The Labute approximate surface area is 105 Å². The van der Waals surface area contributed by atoms with E-state index in [2.05, 4.69) is 52.1 Å². The molecule has 0 aliphatic heterocycles. The summed E-state index contributed by atoms with van der Waals surface area (Å²) in [5.74, 6) is 0. The average molecular weight is 235 g/mol. The van der Waals surface area contributed by atoms with Crippen molar-refractivity contribution in [2.75, 3.05) is 6.61 Å². The van der Waals surface area contributed by atoms with Gasteiger partial charge in [-0.25, -0.2) is 0 Å². The van der Waals surface area contributed by atoms with Crippen LogP contribution < -0.4 is 5.32 Å². The molecule has 2 heteroatoms. The number of aryl methyl sites for hydroxylation is 3. The quantitative estimate of drug-likeness (QED) is 0.822. The summed E-state index contributed by atoms with van der Waals surface area (Å²) < 4.78 is 0. The van der Waals surface area contributed by atoms with Gasteiger partial charge in [0.1, 0.15) is 0 Å². The van der Waals surface area contributed by atoms with Gasteiger partial charge in [0, 0.05) is 18.7 Å². The highest BCUT2D eigenvalue weighted by molar-refractivity contribution is 5.36. The minimum absolute atomic E-state index is 0.0139. The minimum Gasteiger partial charge on any atom is -0.396 e. The molecular weight excluding hydrogens is 210 g/mol. The fraction of sp³-hybridized carbons (Fsp3) is 0.600. The molecule has 0 aliphatic carbocycles. The third-order valence-electron chi connectivity index (χ3n) is 3.45. The number of rotatable bonds is 5. The van der Waals surface area contributed by atoms with E-state index in [0.29, 0.717) is 0 Å². The summed E-state index contributed by atoms with van der Waals surface area (Å²) in [6.45, 7) is 11.8. The molecular formula is C15H25NO. The van der Waals surface area contributed by atoms with Crippen LogP contribution in [0.4, 0.5) is 0 Å². The maximum Gasteiger partial charge on any atom is 0.0448 e. The van der Waals surface area contributed by atoms with E-state index in [0.717, 1.165) is 13.0 Å². The molecule has 1 aromatic carbocycles. The van der Waals surface area contributed by atoms with E-state index in [1.807, 2.05) is 0 Å². The molecule has 0 atom stereocenters.